The fourth-order valence-corrected chi connectivity index (χ4v) is 1.41. The molecular weight excluding hydrogens is 200 g/mol. The molecule has 0 aliphatic carbocycles. The molecule has 0 saturated heterocycles. The van der Waals surface area contributed by atoms with Gasteiger partial charge in [-0.1, -0.05) is 0 Å². The van der Waals surface area contributed by atoms with Crippen molar-refractivity contribution < 1.29 is 14.4 Å². The van der Waals surface area contributed by atoms with Crippen molar-refractivity contribution in [2.24, 2.45) is 0 Å². The molecule has 0 saturated carbocycles. The summed E-state index contributed by atoms with van der Waals surface area (Å²) in [5.41, 5.74) is 5.48. The van der Waals surface area contributed by atoms with Gasteiger partial charge >= 0.3 is 0 Å². The van der Waals surface area contributed by atoms with Crippen LogP contribution in [0.1, 0.15) is 6.92 Å². The zero-order valence-corrected chi connectivity index (χ0v) is 8.10. The summed E-state index contributed by atoms with van der Waals surface area (Å²) in [5.74, 6) is 0.721. The predicted molar refractivity (Wildman–Crippen MR) is 53.1 cm³/mol. The Morgan fingerprint density at radius 2 is 2.33 bits per heavy atom. The first-order chi connectivity index (χ1) is 7.09. The van der Waals surface area contributed by atoms with E-state index < -0.39 is 4.92 Å². The summed E-state index contributed by atoms with van der Waals surface area (Å²) < 4.78 is 10.7. The molecule has 6 nitrogen and oxygen atoms in total. The lowest BCUT2D eigenvalue weighted by Gasteiger charge is -2.24. The van der Waals surface area contributed by atoms with Crippen molar-refractivity contribution >= 4 is 11.4 Å². The monoisotopic (exact) mass is 210 g/mol. The van der Waals surface area contributed by atoms with Gasteiger partial charge in [0.1, 0.15) is 12.7 Å². The van der Waals surface area contributed by atoms with Crippen molar-refractivity contribution in [2.75, 3.05) is 12.3 Å². The van der Waals surface area contributed by atoms with Crippen molar-refractivity contribution in [1.29, 1.82) is 0 Å². The summed E-state index contributed by atoms with van der Waals surface area (Å²) >= 11 is 0. The van der Waals surface area contributed by atoms with E-state index in [1.54, 1.807) is 6.92 Å². The summed E-state index contributed by atoms with van der Waals surface area (Å²) in [6, 6.07) is 2.81. The van der Waals surface area contributed by atoms with Crippen molar-refractivity contribution in [3.63, 3.8) is 0 Å². The van der Waals surface area contributed by atoms with Crippen LogP contribution in [0.3, 0.4) is 0 Å². The molecule has 1 aromatic rings. The Kier molecular flexibility index (Phi) is 2.11. The number of benzene rings is 1. The molecule has 1 aromatic carbocycles. The van der Waals surface area contributed by atoms with Crippen LogP contribution in [0.5, 0.6) is 11.5 Å². The minimum Gasteiger partial charge on any atom is -0.486 e. The second-order valence-corrected chi connectivity index (χ2v) is 3.32. The van der Waals surface area contributed by atoms with E-state index >= 15 is 0 Å². The van der Waals surface area contributed by atoms with E-state index in [9.17, 15) is 10.1 Å². The van der Waals surface area contributed by atoms with E-state index in [2.05, 4.69) is 0 Å². The topological polar surface area (TPSA) is 87.6 Å². The Balaban J connectivity index is 2.51. The van der Waals surface area contributed by atoms with Crippen molar-refractivity contribution in [1.82, 2.24) is 0 Å². The lowest BCUT2D eigenvalue weighted by Crippen LogP contribution is -2.26. The normalized spacial score (nSPS) is 18.6. The minimum atomic E-state index is -0.543. The average Bonchev–Trinajstić information content (AvgIpc) is 2.19. The molecule has 0 amide bonds. The van der Waals surface area contributed by atoms with Gasteiger partial charge in [0.25, 0.3) is 5.69 Å². The SMILES string of the molecule is CC1COc2ccc([N+](=O)[O-])c(N)c2O1. The van der Waals surface area contributed by atoms with Gasteiger partial charge in [-0.2, -0.15) is 0 Å². The summed E-state index contributed by atoms with van der Waals surface area (Å²) in [7, 11) is 0. The molecule has 1 aliphatic heterocycles. The Labute approximate surface area is 85.7 Å². The largest absolute Gasteiger partial charge is 0.486 e. The van der Waals surface area contributed by atoms with E-state index in [0.29, 0.717) is 12.4 Å². The standard InChI is InChI=1S/C9H10N2O4/c1-5-4-14-7-3-2-6(11(12)13)8(10)9(7)15-5/h2-3,5H,4,10H2,1H3. The van der Waals surface area contributed by atoms with E-state index in [4.69, 9.17) is 15.2 Å². The Hall–Kier alpha value is -1.98. The molecule has 1 unspecified atom stereocenters. The third kappa shape index (κ3) is 1.54. The van der Waals surface area contributed by atoms with Crippen LogP contribution in [-0.4, -0.2) is 17.6 Å². The van der Waals surface area contributed by atoms with Gasteiger partial charge in [0, 0.05) is 6.07 Å². The van der Waals surface area contributed by atoms with Crippen LogP contribution >= 0.6 is 0 Å². The van der Waals surface area contributed by atoms with E-state index in [1.807, 2.05) is 0 Å². The fourth-order valence-electron chi connectivity index (χ4n) is 1.41. The molecule has 0 spiro atoms. The van der Waals surface area contributed by atoms with E-state index in [-0.39, 0.29) is 23.2 Å². The van der Waals surface area contributed by atoms with Gasteiger partial charge < -0.3 is 15.2 Å². The average molecular weight is 210 g/mol. The van der Waals surface area contributed by atoms with Crippen LogP contribution < -0.4 is 15.2 Å². The second-order valence-electron chi connectivity index (χ2n) is 3.32. The maximum atomic E-state index is 10.6. The number of anilines is 1. The number of hydrogen-bond donors (Lipinski definition) is 1. The first kappa shape index (κ1) is 9.57. The lowest BCUT2D eigenvalue weighted by molar-refractivity contribution is -0.384. The summed E-state index contributed by atoms with van der Waals surface area (Å²) in [5, 5.41) is 10.6. The summed E-state index contributed by atoms with van der Waals surface area (Å²) in [4.78, 5) is 10.1. The van der Waals surface area contributed by atoms with Gasteiger partial charge in [-0.15, -0.1) is 0 Å². The third-order valence-electron chi connectivity index (χ3n) is 2.13. The highest BCUT2D eigenvalue weighted by atomic mass is 16.6. The van der Waals surface area contributed by atoms with Crippen LogP contribution in [-0.2, 0) is 0 Å². The van der Waals surface area contributed by atoms with Crippen LogP contribution in [0.15, 0.2) is 12.1 Å². The van der Waals surface area contributed by atoms with Gasteiger partial charge in [-0.05, 0) is 13.0 Å². The van der Waals surface area contributed by atoms with Gasteiger partial charge in [0.2, 0.25) is 0 Å². The number of hydrogen-bond acceptors (Lipinski definition) is 5. The molecular formula is C9H10N2O4. The smallest absolute Gasteiger partial charge is 0.296 e. The molecule has 80 valence electrons. The minimum absolute atomic E-state index is 0.0176. The van der Waals surface area contributed by atoms with Gasteiger partial charge in [0.15, 0.2) is 17.2 Å². The highest BCUT2D eigenvalue weighted by Crippen LogP contribution is 2.42. The summed E-state index contributed by atoms with van der Waals surface area (Å²) in [6.45, 7) is 2.23. The number of ether oxygens (including phenoxy) is 2. The molecule has 2 N–H and O–H groups in total. The highest BCUT2D eigenvalue weighted by molar-refractivity contribution is 5.72. The van der Waals surface area contributed by atoms with Crippen molar-refractivity contribution in [2.45, 2.75) is 13.0 Å². The molecule has 0 aromatic heterocycles. The van der Waals surface area contributed by atoms with Crippen LogP contribution in [0, 0.1) is 10.1 Å². The van der Waals surface area contributed by atoms with Crippen LogP contribution in [0.25, 0.3) is 0 Å². The Bertz CT molecular complexity index is 419. The first-order valence-electron chi connectivity index (χ1n) is 4.46. The number of nitrogens with two attached hydrogens (primary N) is 1. The third-order valence-corrected chi connectivity index (χ3v) is 2.13. The molecule has 0 bridgehead atoms. The number of rotatable bonds is 1. The van der Waals surface area contributed by atoms with Crippen LogP contribution in [0.2, 0.25) is 0 Å². The fraction of sp³-hybridized carbons (Fsp3) is 0.333. The predicted octanol–water partition coefficient (Wildman–Crippen LogP) is 1.34. The molecule has 0 fully saturated rings. The maximum Gasteiger partial charge on any atom is 0.296 e. The van der Waals surface area contributed by atoms with Gasteiger partial charge in [0.05, 0.1) is 4.92 Å². The number of fused-ring (bicyclic) bond motifs is 1. The molecule has 1 atom stereocenters. The summed E-state index contributed by atoms with van der Waals surface area (Å²) in [6.07, 6.45) is -0.151. The number of nitro groups is 1. The first-order valence-corrected chi connectivity index (χ1v) is 4.46. The number of nitrogen functional groups attached to an aromatic ring is 1. The van der Waals surface area contributed by atoms with Gasteiger partial charge in [-0.25, -0.2) is 0 Å². The molecule has 2 rings (SSSR count). The number of nitrogens with zero attached hydrogens (tertiary/aromatic N) is 1. The molecule has 1 aliphatic rings. The molecule has 1 heterocycles. The molecule has 6 heteroatoms. The van der Waals surface area contributed by atoms with Crippen molar-refractivity contribution in [3.05, 3.63) is 22.2 Å². The second kappa shape index (κ2) is 3.30. The Morgan fingerprint density at radius 1 is 1.60 bits per heavy atom. The quantitative estimate of drug-likeness (QED) is 0.429. The Morgan fingerprint density at radius 3 is 3.00 bits per heavy atom. The van der Waals surface area contributed by atoms with E-state index in [0.717, 1.165) is 0 Å². The van der Waals surface area contributed by atoms with E-state index in [1.165, 1.54) is 12.1 Å². The van der Waals surface area contributed by atoms with Crippen molar-refractivity contribution in [3.8, 4) is 11.5 Å². The zero-order chi connectivity index (χ0) is 11.0. The highest BCUT2D eigenvalue weighted by Gasteiger charge is 2.25. The van der Waals surface area contributed by atoms with Crippen LogP contribution in [0.4, 0.5) is 11.4 Å². The molecule has 15 heavy (non-hydrogen) atoms. The zero-order valence-electron chi connectivity index (χ0n) is 8.10. The molecule has 0 radical (unpaired) electrons. The van der Waals surface area contributed by atoms with Gasteiger partial charge in [-0.3, -0.25) is 10.1 Å². The number of nitro benzene ring substituents is 1. The maximum absolute atomic E-state index is 10.6. The lowest BCUT2D eigenvalue weighted by atomic mass is 10.2.